The van der Waals surface area contributed by atoms with E-state index in [0.717, 1.165) is 6.26 Å². The van der Waals surface area contributed by atoms with E-state index >= 15 is 0 Å². The van der Waals surface area contributed by atoms with Crippen LogP contribution in [0.2, 0.25) is 0 Å². The Hall–Kier alpha value is -2.94. The zero-order valence-corrected chi connectivity index (χ0v) is 14.7. The highest BCUT2D eigenvalue weighted by Crippen LogP contribution is 2.29. The van der Waals surface area contributed by atoms with Crippen molar-refractivity contribution in [2.75, 3.05) is 11.6 Å². The number of nitrogens with zero attached hydrogens (tertiary/aromatic N) is 2. The summed E-state index contributed by atoms with van der Waals surface area (Å²) in [5, 5.41) is 2.97. The van der Waals surface area contributed by atoms with Gasteiger partial charge in [0.25, 0.3) is 5.91 Å². The summed E-state index contributed by atoms with van der Waals surface area (Å²) in [6.07, 6.45) is 3.13. The smallest absolute Gasteiger partial charge is 0.280 e. The van der Waals surface area contributed by atoms with E-state index in [1.807, 2.05) is 6.92 Å². The van der Waals surface area contributed by atoms with Crippen molar-refractivity contribution in [1.29, 1.82) is 0 Å². The Morgan fingerprint density at radius 1 is 1.28 bits per heavy atom. The lowest BCUT2D eigenvalue weighted by atomic mass is 10.0. The third kappa shape index (κ3) is 4.54. The van der Waals surface area contributed by atoms with Gasteiger partial charge >= 0.3 is 0 Å². The van der Waals surface area contributed by atoms with Crippen LogP contribution in [0.3, 0.4) is 0 Å². The Morgan fingerprint density at radius 2 is 2.00 bits per heavy atom. The molecule has 0 spiro atoms. The van der Waals surface area contributed by atoms with Crippen molar-refractivity contribution in [2.45, 2.75) is 18.2 Å². The van der Waals surface area contributed by atoms with E-state index in [-0.39, 0.29) is 16.4 Å². The summed E-state index contributed by atoms with van der Waals surface area (Å²) in [6, 6.07) is 8.11. The molecule has 25 heavy (non-hydrogen) atoms. The van der Waals surface area contributed by atoms with Crippen molar-refractivity contribution >= 4 is 33.2 Å². The molecular weight excluding hydrogens is 342 g/mol. The lowest BCUT2D eigenvalue weighted by molar-refractivity contribution is 0.100. The number of guanidine groups is 1. The molecule has 0 bridgehead atoms. The molecule has 0 radical (unpaired) electrons. The van der Waals surface area contributed by atoms with Crippen molar-refractivity contribution in [3.05, 3.63) is 47.7 Å². The SMILES string of the molecule is CCc1cc(Nc2ccccn2)c(S(C)(=O)=O)cc1C(=O)N=C(N)N. The fraction of sp³-hybridized carbons (Fsp3) is 0.188. The highest BCUT2D eigenvalue weighted by atomic mass is 32.2. The standard InChI is InChI=1S/C16H19N5O3S/c1-3-10-8-12(20-14-6-4-5-7-19-14)13(25(2,23)24)9-11(10)15(22)21-16(17)18/h4-9H,3H2,1-2H3,(H,19,20)(H4,17,18,21,22). The molecule has 132 valence electrons. The molecule has 9 heteroatoms. The number of benzene rings is 1. The number of nitrogens with two attached hydrogens (primary N) is 2. The van der Waals surface area contributed by atoms with E-state index in [4.69, 9.17) is 11.5 Å². The summed E-state index contributed by atoms with van der Waals surface area (Å²) in [4.78, 5) is 19.8. The molecule has 2 aromatic rings. The van der Waals surface area contributed by atoms with E-state index in [2.05, 4.69) is 15.3 Å². The average Bonchev–Trinajstić information content (AvgIpc) is 2.53. The number of aryl methyl sites for hydroxylation is 1. The van der Waals surface area contributed by atoms with E-state index < -0.39 is 15.7 Å². The highest BCUT2D eigenvalue weighted by Gasteiger charge is 2.20. The molecule has 0 unspecified atom stereocenters. The number of hydrogen-bond acceptors (Lipinski definition) is 5. The van der Waals surface area contributed by atoms with E-state index in [0.29, 0.717) is 23.5 Å². The van der Waals surface area contributed by atoms with Gasteiger partial charge in [-0.1, -0.05) is 13.0 Å². The van der Waals surface area contributed by atoms with Gasteiger partial charge in [0.15, 0.2) is 15.8 Å². The summed E-state index contributed by atoms with van der Waals surface area (Å²) in [5.41, 5.74) is 11.6. The molecule has 8 nitrogen and oxygen atoms in total. The first-order chi connectivity index (χ1) is 11.7. The summed E-state index contributed by atoms with van der Waals surface area (Å²) in [5.74, 6) is -0.590. The van der Waals surface area contributed by atoms with Gasteiger partial charge in [0, 0.05) is 18.0 Å². The van der Waals surface area contributed by atoms with Gasteiger partial charge in [-0.3, -0.25) is 4.79 Å². The molecule has 1 aromatic carbocycles. The van der Waals surface area contributed by atoms with Gasteiger partial charge in [-0.05, 0) is 36.2 Å². The monoisotopic (exact) mass is 361 g/mol. The van der Waals surface area contributed by atoms with Crippen LogP contribution in [-0.2, 0) is 16.3 Å². The molecule has 5 N–H and O–H groups in total. The highest BCUT2D eigenvalue weighted by molar-refractivity contribution is 7.90. The van der Waals surface area contributed by atoms with Crippen LogP contribution in [0.15, 0.2) is 46.4 Å². The fourth-order valence-electron chi connectivity index (χ4n) is 2.27. The van der Waals surface area contributed by atoms with Gasteiger partial charge in [-0.15, -0.1) is 0 Å². The summed E-state index contributed by atoms with van der Waals surface area (Å²) in [7, 11) is -3.62. The molecule has 0 aliphatic carbocycles. The van der Waals surface area contributed by atoms with Gasteiger partial charge < -0.3 is 16.8 Å². The number of aromatic nitrogens is 1. The second-order valence-electron chi connectivity index (χ2n) is 5.31. The van der Waals surface area contributed by atoms with E-state index in [9.17, 15) is 13.2 Å². The minimum Gasteiger partial charge on any atom is -0.370 e. The number of nitrogens with one attached hydrogen (secondary N) is 1. The lowest BCUT2D eigenvalue weighted by Crippen LogP contribution is -2.24. The molecule has 2 rings (SSSR count). The number of hydrogen-bond donors (Lipinski definition) is 3. The zero-order chi connectivity index (χ0) is 18.6. The van der Waals surface area contributed by atoms with Crippen molar-refractivity contribution in [1.82, 2.24) is 4.98 Å². The van der Waals surface area contributed by atoms with Crippen LogP contribution >= 0.6 is 0 Å². The summed E-state index contributed by atoms with van der Waals surface area (Å²) in [6.45, 7) is 1.84. The maximum absolute atomic E-state index is 12.2. The molecule has 0 saturated carbocycles. The minimum absolute atomic E-state index is 0.0375. The van der Waals surface area contributed by atoms with Crippen LogP contribution in [0.4, 0.5) is 11.5 Å². The Balaban J connectivity index is 2.64. The Bertz CT molecular complexity index is 920. The maximum atomic E-state index is 12.2. The third-order valence-corrected chi connectivity index (χ3v) is 4.51. The second-order valence-corrected chi connectivity index (χ2v) is 7.30. The van der Waals surface area contributed by atoms with E-state index in [1.54, 1.807) is 30.5 Å². The third-order valence-electron chi connectivity index (χ3n) is 3.37. The summed E-state index contributed by atoms with van der Waals surface area (Å²) < 4.78 is 24.4. The van der Waals surface area contributed by atoms with Crippen molar-refractivity contribution < 1.29 is 13.2 Å². The quantitative estimate of drug-likeness (QED) is 0.537. The van der Waals surface area contributed by atoms with Crippen molar-refractivity contribution in [2.24, 2.45) is 16.5 Å². The van der Waals surface area contributed by atoms with Gasteiger partial charge in [-0.25, -0.2) is 13.4 Å². The van der Waals surface area contributed by atoms with Crippen LogP contribution in [0.5, 0.6) is 0 Å². The zero-order valence-electron chi connectivity index (χ0n) is 13.9. The van der Waals surface area contributed by atoms with Crippen LogP contribution in [0.1, 0.15) is 22.8 Å². The number of carbonyl (C=O) groups excluding carboxylic acids is 1. The predicted molar refractivity (Wildman–Crippen MR) is 96.6 cm³/mol. The number of pyridine rings is 1. The number of anilines is 2. The minimum atomic E-state index is -3.62. The number of carbonyl (C=O) groups is 1. The van der Waals surface area contributed by atoms with Gasteiger partial charge in [-0.2, -0.15) is 4.99 Å². The molecule has 0 aliphatic rings. The normalized spacial score (nSPS) is 11.0. The molecule has 0 atom stereocenters. The first kappa shape index (κ1) is 18.4. The summed E-state index contributed by atoms with van der Waals surface area (Å²) >= 11 is 0. The molecule has 1 heterocycles. The van der Waals surface area contributed by atoms with E-state index in [1.165, 1.54) is 6.07 Å². The number of sulfone groups is 1. The molecule has 0 aliphatic heterocycles. The largest absolute Gasteiger partial charge is 0.370 e. The average molecular weight is 361 g/mol. The first-order valence-electron chi connectivity index (χ1n) is 7.41. The topological polar surface area (TPSA) is 141 Å². The Kier molecular flexibility index (Phi) is 5.38. The molecule has 0 fully saturated rings. The van der Waals surface area contributed by atoms with Gasteiger partial charge in [0.2, 0.25) is 0 Å². The van der Waals surface area contributed by atoms with Gasteiger partial charge in [0.1, 0.15) is 5.82 Å². The van der Waals surface area contributed by atoms with Crippen LogP contribution in [0.25, 0.3) is 0 Å². The molecular formula is C16H19N5O3S. The fourth-order valence-corrected chi connectivity index (χ4v) is 3.11. The molecule has 1 aromatic heterocycles. The van der Waals surface area contributed by atoms with Gasteiger partial charge in [0.05, 0.1) is 10.6 Å². The number of rotatable bonds is 5. The maximum Gasteiger partial charge on any atom is 0.280 e. The molecule has 0 saturated heterocycles. The second kappa shape index (κ2) is 7.31. The van der Waals surface area contributed by atoms with Crippen molar-refractivity contribution in [3.8, 4) is 0 Å². The Labute approximate surface area is 145 Å². The van der Waals surface area contributed by atoms with Crippen LogP contribution < -0.4 is 16.8 Å². The Morgan fingerprint density at radius 3 is 2.52 bits per heavy atom. The lowest BCUT2D eigenvalue weighted by Gasteiger charge is -2.14. The predicted octanol–water partition coefficient (Wildman–Crippen LogP) is 1.20. The number of amides is 1. The first-order valence-corrected chi connectivity index (χ1v) is 9.30. The number of aliphatic imine (C=N–C) groups is 1. The van der Waals surface area contributed by atoms with Crippen LogP contribution in [0, 0.1) is 0 Å². The molecule has 1 amide bonds. The van der Waals surface area contributed by atoms with Crippen LogP contribution in [-0.4, -0.2) is 31.5 Å². The van der Waals surface area contributed by atoms with Crippen molar-refractivity contribution in [3.63, 3.8) is 0 Å².